The Balaban J connectivity index is 3.28. The van der Waals surface area contributed by atoms with Crippen molar-refractivity contribution in [2.24, 2.45) is 0 Å². The van der Waals surface area contributed by atoms with E-state index < -0.39 is 37.3 Å². The zero-order valence-corrected chi connectivity index (χ0v) is 12.4. The van der Waals surface area contributed by atoms with E-state index in [0.29, 0.717) is 10.5 Å². The molecule has 0 aliphatic rings. The van der Waals surface area contributed by atoms with Gasteiger partial charge in [0.1, 0.15) is 5.82 Å². The Morgan fingerprint density at radius 2 is 2.11 bits per heavy atom. The maximum Gasteiger partial charge on any atom is 0.337 e. The molecule has 0 saturated heterocycles. The molecule has 0 aliphatic heterocycles. The molecule has 0 atom stereocenters. The number of aromatic carboxylic acids is 1. The lowest BCUT2D eigenvalue weighted by atomic mass is 10.2. The third-order valence-electron chi connectivity index (χ3n) is 2.00. The minimum atomic E-state index is -4.05. The molecule has 0 fully saturated rings. The molecule has 19 heavy (non-hydrogen) atoms. The molecule has 0 aromatic heterocycles. The Hall–Kier alpha value is -0.960. The fraction of sp³-hybridized carbons (Fsp3) is 0.100. The molecule has 5 nitrogen and oxygen atoms in total. The molecule has 1 rings (SSSR count). The van der Waals surface area contributed by atoms with Gasteiger partial charge in [-0.3, -0.25) is 0 Å². The number of hydrogen-bond donors (Lipinski definition) is 2. The summed E-state index contributed by atoms with van der Waals surface area (Å²) in [6, 6.07) is 1.43. The average Bonchev–Trinajstić information content (AvgIpc) is 2.29. The van der Waals surface area contributed by atoms with Gasteiger partial charge in [-0.25, -0.2) is 22.3 Å². The van der Waals surface area contributed by atoms with Crippen LogP contribution in [0.5, 0.6) is 0 Å². The first-order chi connectivity index (χ1) is 8.65. The third-order valence-corrected chi connectivity index (χ3v) is 4.04. The zero-order valence-electron chi connectivity index (χ0n) is 9.28. The predicted molar refractivity (Wildman–Crippen MR) is 71.6 cm³/mol. The van der Waals surface area contributed by atoms with Gasteiger partial charge in [0.25, 0.3) is 0 Å². The largest absolute Gasteiger partial charge is 0.478 e. The Bertz CT molecular complexity index is 647. The minimum absolute atomic E-state index is 0.116. The van der Waals surface area contributed by atoms with Gasteiger partial charge in [0.15, 0.2) is 0 Å². The van der Waals surface area contributed by atoms with Crippen LogP contribution in [0.25, 0.3) is 0 Å². The molecular weight excluding hydrogens is 365 g/mol. The Labute approximate surface area is 122 Å². The van der Waals surface area contributed by atoms with E-state index in [1.807, 2.05) is 0 Å². The van der Waals surface area contributed by atoms with Crippen molar-refractivity contribution >= 4 is 43.5 Å². The second-order valence-corrected chi connectivity index (χ2v) is 6.68. The van der Waals surface area contributed by atoms with Crippen LogP contribution in [0.1, 0.15) is 10.4 Å². The maximum absolute atomic E-state index is 13.4. The SMILES string of the molecule is C=C(Br)CNS(=O)(=O)c1cc(F)c(Cl)c(C(=O)O)c1. The fourth-order valence-electron chi connectivity index (χ4n) is 1.13. The van der Waals surface area contributed by atoms with Crippen molar-refractivity contribution in [3.05, 3.63) is 39.6 Å². The monoisotopic (exact) mass is 371 g/mol. The second kappa shape index (κ2) is 6.00. The second-order valence-electron chi connectivity index (χ2n) is 3.41. The van der Waals surface area contributed by atoms with Gasteiger partial charge >= 0.3 is 5.97 Å². The van der Waals surface area contributed by atoms with E-state index in [1.165, 1.54) is 0 Å². The molecule has 0 amide bonds. The van der Waals surface area contributed by atoms with E-state index >= 15 is 0 Å². The first-order valence-electron chi connectivity index (χ1n) is 4.70. The van der Waals surface area contributed by atoms with E-state index in [0.717, 1.165) is 6.07 Å². The summed E-state index contributed by atoms with van der Waals surface area (Å²) in [4.78, 5) is 10.3. The summed E-state index contributed by atoms with van der Waals surface area (Å²) in [7, 11) is -4.05. The van der Waals surface area contributed by atoms with Crippen LogP contribution < -0.4 is 4.72 Å². The number of halogens is 3. The summed E-state index contributed by atoms with van der Waals surface area (Å²) < 4.78 is 39.5. The van der Waals surface area contributed by atoms with E-state index in [1.54, 1.807) is 0 Å². The average molecular weight is 373 g/mol. The Kier molecular flexibility index (Phi) is 5.08. The smallest absolute Gasteiger partial charge is 0.337 e. The van der Waals surface area contributed by atoms with Crippen molar-refractivity contribution in [2.45, 2.75) is 4.90 Å². The third kappa shape index (κ3) is 4.00. The standard InChI is InChI=1S/C10H8BrClFNO4S/c1-5(11)4-14-19(17,18)6-2-7(10(15)16)9(12)8(13)3-6/h2-3,14H,1,4H2,(H,15,16). The lowest BCUT2D eigenvalue weighted by molar-refractivity contribution is 0.0696. The van der Waals surface area contributed by atoms with Crippen molar-refractivity contribution in [2.75, 3.05) is 6.54 Å². The summed E-state index contributed by atoms with van der Waals surface area (Å²) in [6.07, 6.45) is 0. The molecule has 0 aliphatic carbocycles. The van der Waals surface area contributed by atoms with Gasteiger partial charge in [-0.15, -0.1) is 0 Å². The van der Waals surface area contributed by atoms with Crippen LogP contribution in [0.3, 0.4) is 0 Å². The molecule has 1 aromatic rings. The summed E-state index contributed by atoms with van der Waals surface area (Å²) in [5.41, 5.74) is -0.625. The summed E-state index contributed by atoms with van der Waals surface area (Å²) >= 11 is 8.40. The van der Waals surface area contributed by atoms with Crippen LogP contribution in [0.2, 0.25) is 5.02 Å². The molecule has 0 spiro atoms. The highest BCUT2D eigenvalue weighted by molar-refractivity contribution is 9.11. The Morgan fingerprint density at radius 3 is 2.58 bits per heavy atom. The predicted octanol–water partition coefficient (Wildman–Crippen LogP) is 2.36. The minimum Gasteiger partial charge on any atom is -0.478 e. The van der Waals surface area contributed by atoms with E-state index in [2.05, 4.69) is 27.2 Å². The molecule has 0 unspecified atom stereocenters. The quantitative estimate of drug-likeness (QED) is 0.831. The first-order valence-corrected chi connectivity index (χ1v) is 7.36. The van der Waals surface area contributed by atoms with Gasteiger partial charge in [-0.05, 0) is 12.1 Å². The molecule has 0 saturated carbocycles. The molecule has 9 heteroatoms. The van der Waals surface area contributed by atoms with Crippen molar-refractivity contribution in [3.8, 4) is 0 Å². The van der Waals surface area contributed by atoms with Crippen LogP contribution in [-0.2, 0) is 10.0 Å². The van der Waals surface area contributed by atoms with Crippen LogP contribution in [0, 0.1) is 5.82 Å². The van der Waals surface area contributed by atoms with Crippen LogP contribution in [-0.4, -0.2) is 26.0 Å². The lowest BCUT2D eigenvalue weighted by Gasteiger charge is -2.08. The lowest BCUT2D eigenvalue weighted by Crippen LogP contribution is -2.25. The van der Waals surface area contributed by atoms with Crippen molar-refractivity contribution in [3.63, 3.8) is 0 Å². The summed E-state index contributed by atoms with van der Waals surface area (Å²) in [5.74, 6) is -2.65. The number of rotatable bonds is 5. The van der Waals surface area contributed by atoms with Crippen LogP contribution in [0.4, 0.5) is 4.39 Å². The molecular formula is C10H8BrClFNO4S. The Morgan fingerprint density at radius 1 is 1.53 bits per heavy atom. The highest BCUT2D eigenvalue weighted by Gasteiger charge is 2.21. The number of benzene rings is 1. The molecule has 0 radical (unpaired) electrons. The molecule has 2 N–H and O–H groups in total. The molecule has 0 heterocycles. The fourth-order valence-corrected chi connectivity index (χ4v) is 2.71. The van der Waals surface area contributed by atoms with Gasteiger partial charge in [0.05, 0.1) is 15.5 Å². The van der Waals surface area contributed by atoms with Gasteiger partial charge < -0.3 is 5.11 Å². The van der Waals surface area contributed by atoms with Gasteiger partial charge in [-0.1, -0.05) is 34.1 Å². The number of hydrogen-bond acceptors (Lipinski definition) is 3. The van der Waals surface area contributed by atoms with E-state index in [-0.39, 0.29) is 6.54 Å². The summed E-state index contributed by atoms with van der Waals surface area (Å²) in [6.45, 7) is 3.31. The highest BCUT2D eigenvalue weighted by atomic mass is 79.9. The number of carbonyl (C=O) groups is 1. The molecule has 1 aromatic carbocycles. The van der Waals surface area contributed by atoms with Gasteiger partial charge in [0, 0.05) is 11.0 Å². The van der Waals surface area contributed by atoms with Gasteiger partial charge in [-0.2, -0.15) is 0 Å². The van der Waals surface area contributed by atoms with Crippen LogP contribution >= 0.6 is 27.5 Å². The molecule has 0 bridgehead atoms. The maximum atomic E-state index is 13.4. The van der Waals surface area contributed by atoms with Crippen molar-refractivity contribution < 1.29 is 22.7 Å². The van der Waals surface area contributed by atoms with Crippen molar-refractivity contribution in [1.82, 2.24) is 4.72 Å². The topological polar surface area (TPSA) is 83.5 Å². The number of nitrogens with one attached hydrogen (secondary N) is 1. The van der Waals surface area contributed by atoms with Crippen molar-refractivity contribution in [1.29, 1.82) is 0 Å². The normalized spacial score (nSPS) is 11.3. The molecule has 104 valence electrons. The first kappa shape index (κ1) is 16.1. The summed E-state index contributed by atoms with van der Waals surface area (Å²) in [5, 5.41) is 8.17. The number of carboxylic acid groups (broad SMARTS) is 1. The van der Waals surface area contributed by atoms with Gasteiger partial charge in [0.2, 0.25) is 10.0 Å². The van der Waals surface area contributed by atoms with E-state index in [9.17, 15) is 17.6 Å². The highest BCUT2D eigenvalue weighted by Crippen LogP contribution is 2.24. The van der Waals surface area contributed by atoms with E-state index in [4.69, 9.17) is 16.7 Å². The van der Waals surface area contributed by atoms with Crippen LogP contribution in [0.15, 0.2) is 28.1 Å². The number of sulfonamides is 1. The number of carboxylic acids is 1. The zero-order chi connectivity index (χ0) is 14.8.